The number of pyridine rings is 1. The van der Waals surface area contributed by atoms with Gasteiger partial charge in [-0.1, -0.05) is 5.16 Å². The lowest BCUT2D eigenvalue weighted by Crippen LogP contribution is -2.38. The Kier molecular flexibility index (Phi) is 7.54. The molecule has 3 aromatic rings. The Morgan fingerprint density at radius 1 is 1.09 bits per heavy atom. The highest BCUT2D eigenvalue weighted by atomic mass is 16.5. The molecule has 0 spiro atoms. The number of aromatic nitrogens is 2. The number of morpholine rings is 1. The Morgan fingerprint density at radius 2 is 1.88 bits per heavy atom. The number of nitrogens with one attached hydrogen (secondary N) is 1. The lowest BCUT2D eigenvalue weighted by atomic mass is 10.2. The van der Waals surface area contributed by atoms with Gasteiger partial charge in [0.1, 0.15) is 24.7 Å². The van der Waals surface area contributed by atoms with E-state index in [1.165, 1.54) is 0 Å². The summed E-state index contributed by atoms with van der Waals surface area (Å²) < 4.78 is 22.0. The number of hydrogen-bond donors (Lipinski definition) is 1. The summed E-state index contributed by atoms with van der Waals surface area (Å²) >= 11 is 0. The summed E-state index contributed by atoms with van der Waals surface area (Å²) in [6.45, 7) is 8.87. The molecule has 1 aliphatic rings. The molecule has 1 N–H and O–H groups in total. The molecule has 4 rings (SSSR count). The average molecular weight is 453 g/mol. The van der Waals surface area contributed by atoms with Crippen LogP contribution in [0.1, 0.15) is 27.4 Å². The third kappa shape index (κ3) is 6.30. The predicted octanol–water partition coefficient (Wildman–Crippen LogP) is 3.23. The largest absolute Gasteiger partial charge is 0.489 e. The fourth-order valence-electron chi connectivity index (χ4n) is 3.41. The van der Waals surface area contributed by atoms with E-state index < -0.39 is 0 Å². The van der Waals surface area contributed by atoms with Gasteiger partial charge in [0.2, 0.25) is 5.88 Å². The molecule has 0 unspecified atom stereocenters. The SMILES string of the molecule is Cc1noc(C)c1COc1ccc(C(=O)Nc2ccc(OCCN3CCOCC3)nc2)cc1. The minimum Gasteiger partial charge on any atom is -0.489 e. The zero-order valence-electron chi connectivity index (χ0n) is 18.9. The molecule has 1 amide bonds. The van der Waals surface area contributed by atoms with Crippen LogP contribution in [0.15, 0.2) is 47.1 Å². The van der Waals surface area contributed by atoms with Gasteiger partial charge in [0.05, 0.1) is 36.4 Å². The van der Waals surface area contributed by atoms with E-state index in [9.17, 15) is 4.79 Å². The van der Waals surface area contributed by atoms with E-state index in [0.29, 0.717) is 36.1 Å². The quantitative estimate of drug-likeness (QED) is 0.528. The van der Waals surface area contributed by atoms with Gasteiger partial charge < -0.3 is 24.1 Å². The van der Waals surface area contributed by atoms with Gasteiger partial charge in [0.15, 0.2) is 0 Å². The lowest BCUT2D eigenvalue weighted by molar-refractivity contribution is 0.0320. The van der Waals surface area contributed by atoms with Crippen LogP contribution in [0.25, 0.3) is 0 Å². The van der Waals surface area contributed by atoms with Crippen LogP contribution in [-0.4, -0.2) is 60.4 Å². The van der Waals surface area contributed by atoms with Gasteiger partial charge in [-0.2, -0.15) is 0 Å². The molecule has 9 heteroatoms. The number of carbonyl (C=O) groups is 1. The lowest BCUT2D eigenvalue weighted by Gasteiger charge is -2.26. The molecule has 3 heterocycles. The van der Waals surface area contributed by atoms with Crippen molar-refractivity contribution < 1.29 is 23.5 Å². The minimum absolute atomic E-state index is 0.227. The summed E-state index contributed by atoms with van der Waals surface area (Å²) in [7, 11) is 0. The van der Waals surface area contributed by atoms with Gasteiger partial charge in [-0.3, -0.25) is 9.69 Å². The number of hydrogen-bond acceptors (Lipinski definition) is 8. The maximum atomic E-state index is 12.5. The summed E-state index contributed by atoms with van der Waals surface area (Å²) in [5.41, 5.74) is 2.85. The standard InChI is InChI=1S/C24H28N4O5/c1-17-22(18(2)33-27-17)16-32-21-6-3-19(4-7-21)24(29)26-20-5-8-23(25-15-20)31-14-11-28-9-12-30-13-10-28/h3-8,15H,9-14,16H2,1-2H3,(H,26,29). The summed E-state index contributed by atoms with van der Waals surface area (Å²) in [5.74, 6) is 1.70. The fraction of sp³-hybridized carbons (Fsp3) is 0.375. The number of amides is 1. The molecule has 0 saturated carbocycles. The first-order valence-corrected chi connectivity index (χ1v) is 10.9. The van der Waals surface area contributed by atoms with Gasteiger partial charge in [-0.15, -0.1) is 0 Å². The van der Waals surface area contributed by atoms with Crippen molar-refractivity contribution in [1.82, 2.24) is 15.0 Å². The first-order chi connectivity index (χ1) is 16.1. The van der Waals surface area contributed by atoms with Crippen LogP contribution < -0.4 is 14.8 Å². The van der Waals surface area contributed by atoms with Crippen molar-refractivity contribution in [3.8, 4) is 11.6 Å². The Morgan fingerprint density at radius 3 is 2.55 bits per heavy atom. The van der Waals surface area contributed by atoms with Crippen LogP contribution in [-0.2, 0) is 11.3 Å². The van der Waals surface area contributed by atoms with E-state index in [1.807, 2.05) is 13.8 Å². The van der Waals surface area contributed by atoms with Crippen LogP contribution in [0.2, 0.25) is 0 Å². The monoisotopic (exact) mass is 452 g/mol. The van der Waals surface area contributed by atoms with Crippen LogP contribution in [0, 0.1) is 13.8 Å². The van der Waals surface area contributed by atoms with Crippen molar-refractivity contribution in [2.75, 3.05) is 44.8 Å². The van der Waals surface area contributed by atoms with E-state index in [0.717, 1.165) is 49.9 Å². The van der Waals surface area contributed by atoms with Crippen molar-refractivity contribution in [3.05, 3.63) is 65.2 Å². The van der Waals surface area contributed by atoms with E-state index in [-0.39, 0.29) is 5.91 Å². The average Bonchev–Trinajstić information content (AvgIpc) is 3.17. The zero-order chi connectivity index (χ0) is 23.0. The highest BCUT2D eigenvalue weighted by Gasteiger charge is 2.12. The highest BCUT2D eigenvalue weighted by molar-refractivity contribution is 6.04. The second-order valence-electron chi connectivity index (χ2n) is 7.76. The van der Waals surface area contributed by atoms with Crippen molar-refractivity contribution in [2.24, 2.45) is 0 Å². The number of anilines is 1. The van der Waals surface area contributed by atoms with Crippen LogP contribution in [0.4, 0.5) is 5.69 Å². The van der Waals surface area contributed by atoms with Gasteiger partial charge in [0.25, 0.3) is 5.91 Å². The van der Waals surface area contributed by atoms with Gasteiger partial charge in [-0.05, 0) is 44.2 Å². The highest BCUT2D eigenvalue weighted by Crippen LogP contribution is 2.19. The zero-order valence-corrected chi connectivity index (χ0v) is 18.9. The van der Waals surface area contributed by atoms with Crippen molar-refractivity contribution in [1.29, 1.82) is 0 Å². The minimum atomic E-state index is -0.227. The number of benzene rings is 1. The molecule has 1 fully saturated rings. The summed E-state index contributed by atoms with van der Waals surface area (Å²) in [6.07, 6.45) is 1.59. The Balaban J connectivity index is 1.23. The molecular weight excluding hydrogens is 424 g/mol. The molecule has 0 atom stereocenters. The predicted molar refractivity (Wildman–Crippen MR) is 122 cm³/mol. The summed E-state index contributed by atoms with van der Waals surface area (Å²) in [5, 5.41) is 6.76. The number of aryl methyl sites for hydroxylation is 2. The Bertz CT molecular complexity index is 1020. The topological polar surface area (TPSA) is 99.0 Å². The van der Waals surface area contributed by atoms with Crippen molar-refractivity contribution in [2.45, 2.75) is 20.5 Å². The molecule has 0 aliphatic carbocycles. The van der Waals surface area contributed by atoms with Crippen LogP contribution in [0.3, 0.4) is 0 Å². The molecule has 33 heavy (non-hydrogen) atoms. The number of carbonyl (C=O) groups excluding carboxylic acids is 1. The Labute approximate surface area is 192 Å². The molecular formula is C24H28N4O5. The van der Waals surface area contributed by atoms with Crippen molar-refractivity contribution in [3.63, 3.8) is 0 Å². The molecule has 1 aliphatic heterocycles. The molecule has 174 valence electrons. The molecule has 1 aromatic carbocycles. The van der Waals surface area contributed by atoms with E-state index >= 15 is 0 Å². The normalized spacial score (nSPS) is 14.1. The van der Waals surface area contributed by atoms with Crippen LogP contribution in [0.5, 0.6) is 11.6 Å². The Hall–Kier alpha value is -3.43. The molecule has 2 aromatic heterocycles. The third-order valence-electron chi connectivity index (χ3n) is 5.44. The van der Waals surface area contributed by atoms with Crippen LogP contribution >= 0.6 is 0 Å². The third-order valence-corrected chi connectivity index (χ3v) is 5.44. The number of nitrogens with zero attached hydrogens (tertiary/aromatic N) is 3. The number of rotatable bonds is 9. The first-order valence-electron chi connectivity index (χ1n) is 10.9. The molecule has 1 saturated heterocycles. The number of ether oxygens (including phenoxy) is 3. The molecule has 0 bridgehead atoms. The second kappa shape index (κ2) is 10.9. The van der Waals surface area contributed by atoms with E-state index in [2.05, 4.69) is 20.4 Å². The van der Waals surface area contributed by atoms with E-state index in [4.69, 9.17) is 18.7 Å². The summed E-state index contributed by atoms with van der Waals surface area (Å²) in [4.78, 5) is 19.1. The second-order valence-corrected chi connectivity index (χ2v) is 7.76. The first kappa shape index (κ1) is 22.8. The fourth-order valence-corrected chi connectivity index (χ4v) is 3.41. The smallest absolute Gasteiger partial charge is 0.255 e. The summed E-state index contributed by atoms with van der Waals surface area (Å²) in [6, 6.07) is 10.5. The molecule has 9 nitrogen and oxygen atoms in total. The van der Waals surface area contributed by atoms with Gasteiger partial charge in [-0.25, -0.2) is 4.98 Å². The molecule has 0 radical (unpaired) electrons. The maximum absolute atomic E-state index is 12.5. The van der Waals surface area contributed by atoms with Gasteiger partial charge >= 0.3 is 0 Å². The van der Waals surface area contributed by atoms with Gasteiger partial charge in [0, 0.05) is 31.3 Å². The van der Waals surface area contributed by atoms with Crippen molar-refractivity contribution >= 4 is 11.6 Å². The maximum Gasteiger partial charge on any atom is 0.255 e. The van der Waals surface area contributed by atoms with E-state index in [1.54, 1.807) is 42.6 Å².